The number of ether oxygens (including phenoxy) is 1. The molecule has 0 unspecified atom stereocenters. The minimum Gasteiger partial charge on any atom is -0.492 e. The second-order valence-electron chi connectivity index (χ2n) is 5.28. The topological polar surface area (TPSA) is 55.4 Å². The van der Waals surface area contributed by atoms with E-state index in [2.05, 4.69) is 4.72 Å². The second-order valence-corrected chi connectivity index (χ2v) is 7.05. The zero-order valence-corrected chi connectivity index (χ0v) is 13.9. The molecule has 2 rings (SSSR count). The maximum atomic E-state index is 12.1. The molecule has 0 radical (unpaired) electrons. The third-order valence-corrected chi connectivity index (χ3v) is 4.86. The average molecular weight is 319 g/mol. The highest BCUT2D eigenvalue weighted by Gasteiger charge is 2.13. The molecule has 0 fully saturated rings. The van der Waals surface area contributed by atoms with Crippen molar-refractivity contribution in [1.29, 1.82) is 0 Å². The van der Waals surface area contributed by atoms with Gasteiger partial charge in [0.15, 0.2) is 0 Å². The lowest BCUT2D eigenvalue weighted by Crippen LogP contribution is -2.28. The van der Waals surface area contributed by atoms with Crippen molar-refractivity contribution < 1.29 is 13.2 Å². The standard InChI is InChI=1S/C17H21NO3S/c1-13-7-9-16(10-8-13)22(19,20)18-11-12-21-17-14(2)5-4-6-15(17)3/h4-10,18H,11-12H2,1-3H3. The van der Waals surface area contributed by atoms with Crippen LogP contribution in [0.4, 0.5) is 0 Å². The van der Waals surface area contributed by atoms with Crippen LogP contribution in [0, 0.1) is 20.8 Å². The number of hydrogen-bond acceptors (Lipinski definition) is 3. The van der Waals surface area contributed by atoms with E-state index in [0.717, 1.165) is 22.4 Å². The highest BCUT2D eigenvalue weighted by Crippen LogP contribution is 2.22. The Balaban J connectivity index is 1.92. The molecule has 4 nitrogen and oxygen atoms in total. The quantitative estimate of drug-likeness (QED) is 0.833. The van der Waals surface area contributed by atoms with Gasteiger partial charge in [0.1, 0.15) is 12.4 Å². The van der Waals surface area contributed by atoms with Crippen LogP contribution in [0.15, 0.2) is 47.4 Å². The van der Waals surface area contributed by atoms with Crippen molar-refractivity contribution in [2.24, 2.45) is 0 Å². The van der Waals surface area contributed by atoms with Crippen molar-refractivity contribution in [3.63, 3.8) is 0 Å². The molecule has 0 heterocycles. The van der Waals surface area contributed by atoms with Crippen molar-refractivity contribution in [3.05, 3.63) is 59.2 Å². The van der Waals surface area contributed by atoms with Crippen LogP contribution in [0.1, 0.15) is 16.7 Å². The van der Waals surface area contributed by atoms with Crippen LogP contribution < -0.4 is 9.46 Å². The number of aryl methyl sites for hydroxylation is 3. The Kier molecular flexibility index (Phi) is 5.21. The SMILES string of the molecule is Cc1ccc(S(=O)(=O)NCCOc2c(C)cccc2C)cc1. The zero-order chi connectivity index (χ0) is 16.2. The van der Waals surface area contributed by atoms with Gasteiger partial charge in [-0.1, -0.05) is 35.9 Å². The number of benzene rings is 2. The summed E-state index contributed by atoms with van der Waals surface area (Å²) in [5, 5.41) is 0. The van der Waals surface area contributed by atoms with E-state index in [0.29, 0.717) is 0 Å². The molecule has 0 aliphatic heterocycles. The number of nitrogens with one attached hydrogen (secondary N) is 1. The average Bonchev–Trinajstić information content (AvgIpc) is 2.46. The number of sulfonamides is 1. The minimum atomic E-state index is -3.48. The lowest BCUT2D eigenvalue weighted by atomic mass is 10.1. The molecule has 0 saturated heterocycles. The molecule has 0 atom stereocenters. The molecule has 118 valence electrons. The summed E-state index contributed by atoms with van der Waals surface area (Å²) in [6, 6.07) is 12.7. The van der Waals surface area contributed by atoms with Gasteiger partial charge in [0.25, 0.3) is 0 Å². The summed E-state index contributed by atoms with van der Waals surface area (Å²) in [4.78, 5) is 0.269. The van der Waals surface area contributed by atoms with Gasteiger partial charge in [-0.05, 0) is 44.0 Å². The molecule has 0 aromatic heterocycles. The van der Waals surface area contributed by atoms with E-state index in [4.69, 9.17) is 4.74 Å². The van der Waals surface area contributed by atoms with E-state index in [9.17, 15) is 8.42 Å². The lowest BCUT2D eigenvalue weighted by Gasteiger charge is -2.12. The fourth-order valence-corrected chi connectivity index (χ4v) is 3.17. The molecule has 0 bridgehead atoms. The van der Waals surface area contributed by atoms with Crippen LogP contribution in [0.2, 0.25) is 0 Å². The Morgan fingerprint density at radius 3 is 2.14 bits per heavy atom. The van der Waals surface area contributed by atoms with Crippen LogP contribution in [-0.4, -0.2) is 21.6 Å². The van der Waals surface area contributed by atoms with Crippen molar-refractivity contribution in [2.45, 2.75) is 25.7 Å². The largest absolute Gasteiger partial charge is 0.492 e. The number of hydrogen-bond donors (Lipinski definition) is 1. The predicted molar refractivity (Wildman–Crippen MR) is 87.8 cm³/mol. The van der Waals surface area contributed by atoms with Gasteiger partial charge in [-0.25, -0.2) is 13.1 Å². The first kappa shape index (κ1) is 16.5. The molecule has 5 heteroatoms. The summed E-state index contributed by atoms with van der Waals surface area (Å²) < 4.78 is 32.5. The van der Waals surface area contributed by atoms with E-state index in [1.54, 1.807) is 24.3 Å². The van der Waals surface area contributed by atoms with E-state index < -0.39 is 10.0 Å². The van der Waals surface area contributed by atoms with Crippen molar-refractivity contribution >= 4 is 10.0 Å². The van der Waals surface area contributed by atoms with Crippen LogP contribution >= 0.6 is 0 Å². The summed E-state index contributed by atoms with van der Waals surface area (Å²) in [6.07, 6.45) is 0. The molecule has 0 aliphatic rings. The number of para-hydroxylation sites is 1. The van der Waals surface area contributed by atoms with E-state index in [1.165, 1.54) is 0 Å². The van der Waals surface area contributed by atoms with Crippen molar-refractivity contribution in [1.82, 2.24) is 4.72 Å². The van der Waals surface area contributed by atoms with Crippen LogP contribution in [-0.2, 0) is 10.0 Å². The van der Waals surface area contributed by atoms with Gasteiger partial charge in [-0.3, -0.25) is 0 Å². The Hall–Kier alpha value is -1.85. The summed E-state index contributed by atoms with van der Waals surface area (Å²) in [7, 11) is -3.48. The molecule has 0 aliphatic carbocycles. The summed E-state index contributed by atoms with van der Waals surface area (Å²) >= 11 is 0. The van der Waals surface area contributed by atoms with Gasteiger partial charge in [-0.2, -0.15) is 0 Å². The molecule has 22 heavy (non-hydrogen) atoms. The first-order chi connectivity index (χ1) is 10.4. The van der Waals surface area contributed by atoms with Gasteiger partial charge in [0, 0.05) is 6.54 Å². The fourth-order valence-electron chi connectivity index (χ4n) is 2.16. The zero-order valence-electron chi connectivity index (χ0n) is 13.1. The maximum absolute atomic E-state index is 12.1. The molecule has 1 N–H and O–H groups in total. The predicted octanol–water partition coefficient (Wildman–Crippen LogP) is 2.97. The van der Waals surface area contributed by atoms with Crippen LogP contribution in [0.5, 0.6) is 5.75 Å². The maximum Gasteiger partial charge on any atom is 0.240 e. The first-order valence-electron chi connectivity index (χ1n) is 7.15. The highest BCUT2D eigenvalue weighted by atomic mass is 32.2. The van der Waals surface area contributed by atoms with Crippen LogP contribution in [0.3, 0.4) is 0 Å². The van der Waals surface area contributed by atoms with Gasteiger partial charge in [0.2, 0.25) is 10.0 Å². The molecule has 0 spiro atoms. The van der Waals surface area contributed by atoms with Gasteiger partial charge < -0.3 is 4.74 Å². The lowest BCUT2D eigenvalue weighted by molar-refractivity contribution is 0.318. The Bertz CT molecular complexity index is 717. The molecule has 0 amide bonds. The number of rotatable bonds is 6. The van der Waals surface area contributed by atoms with E-state index in [1.807, 2.05) is 39.0 Å². The second kappa shape index (κ2) is 6.94. The highest BCUT2D eigenvalue weighted by molar-refractivity contribution is 7.89. The van der Waals surface area contributed by atoms with E-state index in [-0.39, 0.29) is 18.0 Å². The monoisotopic (exact) mass is 319 g/mol. The van der Waals surface area contributed by atoms with Crippen molar-refractivity contribution in [3.8, 4) is 5.75 Å². The summed E-state index contributed by atoms with van der Waals surface area (Å²) in [5.41, 5.74) is 3.11. The molecular weight excluding hydrogens is 298 g/mol. The fraction of sp³-hybridized carbons (Fsp3) is 0.294. The third kappa shape index (κ3) is 4.08. The molecular formula is C17H21NO3S. The molecule has 0 saturated carbocycles. The van der Waals surface area contributed by atoms with Gasteiger partial charge >= 0.3 is 0 Å². The molecule has 2 aromatic rings. The first-order valence-corrected chi connectivity index (χ1v) is 8.64. The molecule has 2 aromatic carbocycles. The normalized spacial score (nSPS) is 11.4. The Morgan fingerprint density at radius 1 is 0.955 bits per heavy atom. The summed E-state index contributed by atoms with van der Waals surface area (Å²) in [5.74, 6) is 0.817. The van der Waals surface area contributed by atoms with Crippen molar-refractivity contribution in [2.75, 3.05) is 13.2 Å². The minimum absolute atomic E-state index is 0.226. The van der Waals surface area contributed by atoms with Gasteiger partial charge in [-0.15, -0.1) is 0 Å². The van der Waals surface area contributed by atoms with E-state index >= 15 is 0 Å². The van der Waals surface area contributed by atoms with Crippen LogP contribution in [0.25, 0.3) is 0 Å². The Labute approximate surface area is 132 Å². The summed E-state index contributed by atoms with van der Waals surface area (Å²) in [6.45, 7) is 6.38. The van der Waals surface area contributed by atoms with Gasteiger partial charge in [0.05, 0.1) is 4.90 Å². The third-order valence-electron chi connectivity index (χ3n) is 3.38. The Morgan fingerprint density at radius 2 is 1.55 bits per heavy atom. The smallest absolute Gasteiger partial charge is 0.240 e.